The van der Waals surface area contributed by atoms with E-state index in [-0.39, 0.29) is 56.1 Å². The van der Waals surface area contributed by atoms with E-state index in [2.05, 4.69) is 0 Å². The van der Waals surface area contributed by atoms with E-state index in [4.69, 9.17) is 15.3 Å². The first-order valence-corrected chi connectivity index (χ1v) is 0.548. The van der Waals surface area contributed by atoms with Crippen LogP contribution in [0.5, 0.6) is 0 Å². The summed E-state index contributed by atoms with van der Waals surface area (Å²) in [6.07, 6.45) is 0. The van der Waals surface area contributed by atoms with Crippen LogP contribution in [0.3, 0.4) is 0 Å². The molecule has 0 heterocycles. The fourth-order valence-corrected chi connectivity index (χ4v) is 0. The van der Waals surface area contributed by atoms with Gasteiger partial charge in [0.2, 0.25) is 0 Å². The quantitative estimate of drug-likeness (QED) is 0.247. The topological polar surface area (TPSA) is 290 Å². The number of hydrogen-bond acceptors (Lipinski definition) is 4. The molecule has 0 aromatic carbocycles. The van der Waals surface area contributed by atoms with E-state index in [1.54, 1.807) is 0 Å². The molecule has 0 spiro atoms. The van der Waals surface area contributed by atoms with Crippen molar-refractivity contribution in [2.24, 2.45) is 0 Å². The second-order valence-electron chi connectivity index (χ2n) is 0.224. The van der Waals surface area contributed by atoms with Crippen LogP contribution in [-0.4, -0.2) is 37.9 Å². The van der Waals surface area contributed by atoms with Crippen molar-refractivity contribution in [2.45, 2.75) is 0 Å². The minimum Gasteiger partial charge on any atom is -0.412 e. The molecule has 12 heavy (non-hydrogen) atoms. The van der Waals surface area contributed by atoms with Gasteiger partial charge in [0, 0.05) is 17.1 Å². The van der Waals surface area contributed by atoms with Crippen molar-refractivity contribution in [3.63, 3.8) is 0 Å². The summed E-state index contributed by atoms with van der Waals surface area (Å²) in [5, 5.41) is 14.8. The summed E-state index contributed by atoms with van der Waals surface area (Å²) in [7, 11) is 0. The van der Waals surface area contributed by atoms with Crippen LogP contribution in [0.25, 0.3) is 0 Å². The van der Waals surface area contributed by atoms with Gasteiger partial charge >= 0.3 is 0 Å². The van der Waals surface area contributed by atoms with Gasteiger partial charge in [-0.25, -0.2) is 0 Å². The zero-order chi connectivity index (χ0) is 3.58. The van der Waals surface area contributed by atoms with Gasteiger partial charge in [0.15, 0.2) is 0 Å². The third kappa shape index (κ3) is 2140. The summed E-state index contributed by atoms with van der Waals surface area (Å²) in [5.74, 6) is 0. The SMILES string of the molecule is N.O.O.O.O.O.O.O=[N+]([O-])[O-].[Fe]. The van der Waals surface area contributed by atoms with E-state index < -0.39 is 5.09 Å². The van der Waals surface area contributed by atoms with Crippen molar-refractivity contribution in [1.29, 1.82) is 0 Å². The van der Waals surface area contributed by atoms with E-state index in [1.165, 1.54) is 0 Å². The first-order chi connectivity index (χ1) is 1.73. The van der Waals surface area contributed by atoms with Gasteiger partial charge in [-0.05, 0) is 0 Å². The van der Waals surface area contributed by atoms with Gasteiger partial charge in [0.1, 0.15) is 0 Å². The van der Waals surface area contributed by atoms with Crippen molar-refractivity contribution in [3.8, 4) is 0 Å². The number of nitrogens with zero attached hydrogens (tertiary/aromatic N) is 1. The van der Waals surface area contributed by atoms with Crippen molar-refractivity contribution >= 4 is 0 Å². The second kappa shape index (κ2) is 156. The van der Waals surface area contributed by atoms with Crippen molar-refractivity contribution < 1.29 is 55.0 Å². The van der Waals surface area contributed by atoms with Gasteiger partial charge in [-0.3, -0.25) is 0 Å². The molecule has 0 radical (unpaired) electrons. The number of hydrogen-bond donors (Lipinski definition) is 1. The summed E-state index contributed by atoms with van der Waals surface area (Å²) in [5.41, 5.74) is 0. The molecule has 0 aliphatic rings. The zero-order valence-electron chi connectivity index (χ0n) is 5.73. The smallest absolute Gasteiger partial charge is 0.0689 e. The average Bonchev–Trinajstić information content (AvgIpc) is 0.811. The summed E-state index contributed by atoms with van der Waals surface area (Å²) in [4.78, 5) is 8.25. The summed E-state index contributed by atoms with van der Waals surface area (Å²) in [6.45, 7) is 0. The molecule has 0 unspecified atom stereocenters. The Morgan fingerprint density at radius 3 is 0.750 bits per heavy atom. The average molecular weight is 243 g/mol. The van der Waals surface area contributed by atoms with Gasteiger partial charge in [-0.15, -0.1) is 0 Å². The first-order valence-electron chi connectivity index (χ1n) is 0.548. The van der Waals surface area contributed by atoms with Crippen LogP contribution in [0.15, 0.2) is 0 Å². The third-order valence-corrected chi connectivity index (χ3v) is 0. The van der Waals surface area contributed by atoms with Crippen LogP contribution in [0.2, 0.25) is 0 Å². The molecule has 15 N–H and O–H groups in total. The molecule has 0 fully saturated rings. The Bertz CT molecular complexity index is 35.5. The fourth-order valence-electron chi connectivity index (χ4n) is 0. The Morgan fingerprint density at radius 1 is 0.750 bits per heavy atom. The molecular formula is H15FeN2O9-. The van der Waals surface area contributed by atoms with Crippen LogP contribution < -0.4 is 6.15 Å². The Kier molecular flexibility index (Phi) is 2730. The van der Waals surface area contributed by atoms with Crippen LogP contribution in [0.1, 0.15) is 0 Å². The van der Waals surface area contributed by atoms with E-state index in [0.29, 0.717) is 0 Å². The second-order valence-corrected chi connectivity index (χ2v) is 0.224. The van der Waals surface area contributed by atoms with E-state index in [0.717, 1.165) is 0 Å². The molecule has 0 aromatic rings. The van der Waals surface area contributed by atoms with Crippen LogP contribution in [-0.2, 0) is 17.1 Å². The van der Waals surface area contributed by atoms with Gasteiger partial charge in [-0.1, -0.05) is 0 Å². The first kappa shape index (κ1) is 209. The maximum atomic E-state index is 8.25. The minimum absolute atomic E-state index is 0. The van der Waals surface area contributed by atoms with Gasteiger partial charge < -0.3 is 54.3 Å². The third-order valence-electron chi connectivity index (χ3n) is 0. The van der Waals surface area contributed by atoms with Crippen molar-refractivity contribution in [2.75, 3.05) is 0 Å². The molecule has 12 heteroatoms. The van der Waals surface area contributed by atoms with Crippen LogP contribution >= 0.6 is 0 Å². The summed E-state index contributed by atoms with van der Waals surface area (Å²) < 4.78 is 0. The Morgan fingerprint density at radius 2 is 0.750 bits per heavy atom. The molecule has 0 rings (SSSR count). The monoisotopic (exact) mass is 243 g/mol. The molecule has 0 saturated carbocycles. The van der Waals surface area contributed by atoms with E-state index >= 15 is 0 Å². The maximum absolute atomic E-state index is 8.25. The normalized spacial score (nSPS) is 2.00. The number of rotatable bonds is 0. The van der Waals surface area contributed by atoms with Crippen molar-refractivity contribution in [1.82, 2.24) is 6.15 Å². The minimum atomic E-state index is -1.75. The predicted octanol–water partition coefficient (Wildman–Crippen LogP) is -5.03. The van der Waals surface area contributed by atoms with Crippen LogP contribution in [0.4, 0.5) is 0 Å². The molecule has 11 nitrogen and oxygen atoms in total. The zero-order valence-corrected chi connectivity index (χ0v) is 6.84. The molecule has 0 aliphatic heterocycles. The molecule has 0 amide bonds. The van der Waals surface area contributed by atoms with E-state index in [1.807, 2.05) is 0 Å². The fraction of sp³-hybridized carbons (Fsp3) is 0. The maximum Gasteiger partial charge on any atom is 0.0689 e. The molecule has 88 valence electrons. The van der Waals surface area contributed by atoms with Gasteiger partial charge in [0.05, 0.1) is 5.09 Å². The Balaban J connectivity index is -0.00000000161. The molecule has 0 bridgehead atoms. The predicted molar refractivity (Wildman–Crippen MR) is 37.1 cm³/mol. The standard InChI is InChI=1S/Fe.NO3.H3N.6H2O/c;2-1(3)4;;;;;;;/h;;1H3;6*1H2/q;-1;;;;;;;. The van der Waals surface area contributed by atoms with E-state index in [9.17, 15) is 0 Å². The molecule has 0 atom stereocenters. The van der Waals surface area contributed by atoms with Crippen molar-refractivity contribution in [3.05, 3.63) is 15.3 Å². The Hall–Kier alpha value is -0.561. The van der Waals surface area contributed by atoms with Gasteiger partial charge in [-0.2, -0.15) is 0 Å². The molecule has 0 aromatic heterocycles. The summed E-state index contributed by atoms with van der Waals surface area (Å²) >= 11 is 0. The molecular weight excluding hydrogens is 228 g/mol. The largest absolute Gasteiger partial charge is 0.412 e. The Labute approximate surface area is 77.4 Å². The molecule has 0 aliphatic carbocycles. The summed E-state index contributed by atoms with van der Waals surface area (Å²) in [6, 6.07) is 0. The van der Waals surface area contributed by atoms with Crippen LogP contribution in [0, 0.1) is 15.3 Å². The van der Waals surface area contributed by atoms with Gasteiger partial charge in [0.25, 0.3) is 0 Å². The molecule has 0 saturated heterocycles.